The number of nitrogens with zero attached hydrogens (tertiary/aromatic N) is 2. The number of carbonyl (C=O) groups is 2. The molecule has 0 aromatic heterocycles. The Morgan fingerprint density at radius 1 is 0.931 bits per heavy atom. The maximum atomic E-state index is 13.5. The summed E-state index contributed by atoms with van der Waals surface area (Å²) in [6, 6.07) is 20.1. The predicted molar refractivity (Wildman–Crippen MR) is 116 cm³/mol. The molecule has 0 unspecified atom stereocenters. The number of piperidine rings is 1. The number of carbonyl (C=O) groups excluding carboxylic acids is 2. The smallest absolute Gasteiger partial charge is 0.317 e. The lowest BCUT2D eigenvalue weighted by atomic mass is 9.89. The molecule has 1 aliphatic heterocycles. The maximum absolute atomic E-state index is 13.5. The molecule has 0 aliphatic carbocycles. The molecule has 1 heterocycles. The number of likely N-dealkylation sites (tertiary alicyclic amines) is 1. The van der Waals surface area contributed by atoms with Gasteiger partial charge in [-0.05, 0) is 37.8 Å². The van der Waals surface area contributed by atoms with Crippen molar-refractivity contribution in [2.24, 2.45) is 0 Å². The van der Waals surface area contributed by atoms with Crippen LogP contribution in [0.4, 0.5) is 4.79 Å². The number of rotatable bonds is 6. The Bertz CT molecular complexity index is 743. The van der Waals surface area contributed by atoms with Crippen molar-refractivity contribution in [2.75, 3.05) is 26.2 Å². The second-order valence-electron chi connectivity index (χ2n) is 7.48. The van der Waals surface area contributed by atoms with Gasteiger partial charge in [-0.1, -0.05) is 60.7 Å². The first-order valence-electron chi connectivity index (χ1n) is 10.6. The van der Waals surface area contributed by atoms with Crippen LogP contribution in [0.25, 0.3) is 0 Å². The van der Waals surface area contributed by atoms with Gasteiger partial charge in [-0.15, -0.1) is 0 Å². The highest BCUT2D eigenvalue weighted by Gasteiger charge is 2.31. The zero-order valence-corrected chi connectivity index (χ0v) is 17.4. The molecule has 0 bridgehead atoms. The lowest BCUT2D eigenvalue weighted by Crippen LogP contribution is -2.50. The molecule has 29 heavy (non-hydrogen) atoms. The van der Waals surface area contributed by atoms with Crippen molar-refractivity contribution >= 4 is 11.9 Å². The normalized spacial score (nSPS) is 14.7. The number of amides is 3. The van der Waals surface area contributed by atoms with Gasteiger partial charge < -0.3 is 15.1 Å². The average molecular weight is 394 g/mol. The van der Waals surface area contributed by atoms with E-state index in [1.807, 2.05) is 79.4 Å². The van der Waals surface area contributed by atoms with Gasteiger partial charge in [0.1, 0.15) is 0 Å². The quantitative estimate of drug-likeness (QED) is 0.810. The van der Waals surface area contributed by atoms with E-state index in [0.717, 1.165) is 24.0 Å². The van der Waals surface area contributed by atoms with Crippen LogP contribution < -0.4 is 5.32 Å². The zero-order valence-electron chi connectivity index (χ0n) is 17.4. The zero-order chi connectivity index (χ0) is 20.6. The van der Waals surface area contributed by atoms with Crippen molar-refractivity contribution in [1.29, 1.82) is 0 Å². The molecule has 0 saturated carbocycles. The molecule has 2 aromatic rings. The Labute approximate surface area is 173 Å². The summed E-state index contributed by atoms with van der Waals surface area (Å²) in [5.41, 5.74) is 2.03. The summed E-state index contributed by atoms with van der Waals surface area (Å²) in [7, 11) is 0. The number of benzene rings is 2. The largest absolute Gasteiger partial charge is 0.342 e. The van der Waals surface area contributed by atoms with Crippen molar-refractivity contribution in [3.05, 3.63) is 71.8 Å². The number of hydrogen-bond donors (Lipinski definition) is 1. The molecule has 0 atom stereocenters. The van der Waals surface area contributed by atoms with Gasteiger partial charge in [-0.2, -0.15) is 0 Å². The lowest BCUT2D eigenvalue weighted by Gasteiger charge is -2.35. The molecule has 2 aromatic carbocycles. The van der Waals surface area contributed by atoms with Gasteiger partial charge in [0, 0.05) is 32.2 Å². The van der Waals surface area contributed by atoms with Crippen molar-refractivity contribution in [3.8, 4) is 0 Å². The van der Waals surface area contributed by atoms with Crippen molar-refractivity contribution < 1.29 is 9.59 Å². The Kier molecular flexibility index (Phi) is 7.28. The minimum absolute atomic E-state index is 0.00813. The van der Waals surface area contributed by atoms with Crippen LogP contribution in [-0.2, 0) is 4.79 Å². The first-order valence-corrected chi connectivity index (χ1v) is 10.6. The molecule has 3 amide bonds. The summed E-state index contributed by atoms with van der Waals surface area (Å²) in [5, 5.41) is 3.12. The fourth-order valence-corrected chi connectivity index (χ4v) is 3.97. The van der Waals surface area contributed by atoms with Gasteiger partial charge in [0.15, 0.2) is 0 Å². The van der Waals surface area contributed by atoms with E-state index in [4.69, 9.17) is 0 Å². The lowest BCUT2D eigenvalue weighted by molar-refractivity contribution is -0.132. The summed E-state index contributed by atoms with van der Waals surface area (Å²) in [5.74, 6) is -0.157. The van der Waals surface area contributed by atoms with E-state index < -0.39 is 0 Å². The summed E-state index contributed by atoms with van der Waals surface area (Å²) < 4.78 is 0. The Hall–Kier alpha value is -2.82. The average Bonchev–Trinajstić information content (AvgIpc) is 2.77. The highest BCUT2D eigenvalue weighted by atomic mass is 16.2. The van der Waals surface area contributed by atoms with Crippen LogP contribution >= 0.6 is 0 Å². The summed E-state index contributed by atoms with van der Waals surface area (Å²) in [6.45, 7) is 6.71. The first-order chi connectivity index (χ1) is 14.1. The van der Waals surface area contributed by atoms with Crippen molar-refractivity contribution in [2.45, 2.75) is 38.6 Å². The molecule has 0 spiro atoms. The molecule has 3 rings (SSSR count). The summed E-state index contributed by atoms with van der Waals surface area (Å²) in [6.07, 6.45) is 1.57. The van der Waals surface area contributed by atoms with Crippen LogP contribution in [0.3, 0.4) is 0 Å². The van der Waals surface area contributed by atoms with Crippen LogP contribution in [0.1, 0.15) is 43.7 Å². The molecule has 1 N–H and O–H groups in total. The summed E-state index contributed by atoms with van der Waals surface area (Å²) >= 11 is 0. The van der Waals surface area contributed by atoms with Crippen LogP contribution in [0.2, 0.25) is 0 Å². The topological polar surface area (TPSA) is 52.7 Å². The minimum atomic E-state index is -0.292. The molecule has 1 aliphatic rings. The highest BCUT2D eigenvalue weighted by molar-refractivity contribution is 5.87. The molecule has 1 fully saturated rings. The Balaban J connectivity index is 1.67. The number of hydrogen-bond acceptors (Lipinski definition) is 2. The molecule has 5 nitrogen and oxygen atoms in total. The van der Waals surface area contributed by atoms with Crippen LogP contribution in [0.15, 0.2) is 60.7 Å². The van der Waals surface area contributed by atoms with Gasteiger partial charge in [-0.25, -0.2) is 4.79 Å². The third kappa shape index (κ3) is 5.17. The van der Waals surface area contributed by atoms with E-state index in [1.165, 1.54) is 0 Å². The fourth-order valence-electron chi connectivity index (χ4n) is 3.97. The SMILES string of the molecule is CCN(CC)C(=O)NC1CCN(C(=O)C(c2ccccc2)c2ccccc2)CC1. The third-order valence-electron chi connectivity index (χ3n) is 5.70. The Morgan fingerprint density at radius 2 is 1.41 bits per heavy atom. The van der Waals surface area contributed by atoms with Crippen molar-refractivity contribution in [3.63, 3.8) is 0 Å². The third-order valence-corrected chi connectivity index (χ3v) is 5.70. The van der Waals surface area contributed by atoms with Crippen LogP contribution in [0.5, 0.6) is 0 Å². The molecular formula is C24H31N3O2. The van der Waals surface area contributed by atoms with E-state index in [9.17, 15) is 9.59 Å². The second kappa shape index (κ2) is 10.1. The van der Waals surface area contributed by atoms with Crippen LogP contribution in [0, 0.1) is 0 Å². The predicted octanol–water partition coefficient (Wildman–Crippen LogP) is 3.86. The molecule has 154 valence electrons. The monoisotopic (exact) mass is 393 g/mol. The first kappa shape index (κ1) is 20.9. The van der Waals surface area contributed by atoms with Gasteiger partial charge in [0.05, 0.1) is 5.92 Å². The fraction of sp³-hybridized carbons (Fsp3) is 0.417. The molecule has 1 saturated heterocycles. The van der Waals surface area contributed by atoms with E-state index in [-0.39, 0.29) is 23.9 Å². The van der Waals surface area contributed by atoms with E-state index in [2.05, 4.69) is 5.32 Å². The standard InChI is InChI=1S/C24H31N3O2/c1-3-26(4-2)24(29)25-21-15-17-27(18-16-21)23(28)22(19-11-7-5-8-12-19)20-13-9-6-10-14-20/h5-14,21-22H,3-4,15-18H2,1-2H3,(H,25,29). The van der Waals surface area contributed by atoms with Crippen LogP contribution in [-0.4, -0.2) is 54.0 Å². The van der Waals surface area contributed by atoms with Gasteiger partial charge in [-0.3, -0.25) is 4.79 Å². The summed E-state index contributed by atoms with van der Waals surface area (Å²) in [4.78, 5) is 29.5. The van der Waals surface area contributed by atoms with Gasteiger partial charge >= 0.3 is 6.03 Å². The van der Waals surface area contributed by atoms with E-state index >= 15 is 0 Å². The minimum Gasteiger partial charge on any atom is -0.342 e. The molecular weight excluding hydrogens is 362 g/mol. The van der Waals surface area contributed by atoms with Gasteiger partial charge in [0.25, 0.3) is 0 Å². The highest BCUT2D eigenvalue weighted by Crippen LogP contribution is 2.28. The second-order valence-corrected chi connectivity index (χ2v) is 7.48. The van der Waals surface area contributed by atoms with E-state index in [1.54, 1.807) is 4.90 Å². The number of urea groups is 1. The maximum Gasteiger partial charge on any atom is 0.317 e. The number of nitrogens with one attached hydrogen (secondary N) is 1. The van der Waals surface area contributed by atoms with Crippen molar-refractivity contribution in [1.82, 2.24) is 15.1 Å². The Morgan fingerprint density at radius 3 is 1.86 bits per heavy atom. The van der Waals surface area contributed by atoms with Gasteiger partial charge in [0.2, 0.25) is 5.91 Å². The van der Waals surface area contributed by atoms with E-state index in [0.29, 0.717) is 26.2 Å². The molecule has 0 radical (unpaired) electrons. The molecule has 5 heteroatoms.